The first-order valence-corrected chi connectivity index (χ1v) is 6.01. The van der Waals surface area contributed by atoms with Crippen molar-refractivity contribution in [2.24, 2.45) is 5.11 Å². The van der Waals surface area contributed by atoms with Crippen molar-refractivity contribution in [3.8, 4) is 0 Å². The molecule has 0 N–H and O–H groups in total. The predicted molar refractivity (Wildman–Crippen MR) is 74.4 cm³/mol. The normalized spacial score (nSPS) is 10.8. The van der Waals surface area contributed by atoms with Gasteiger partial charge in [0.25, 0.3) is 0 Å². The molecule has 0 saturated heterocycles. The molecular formula is C14H17N3O2. The second-order valence-electron chi connectivity index (χ2n) is 4.25. The number of nitrogens with zero attached hydrogens (tertiary/aromatic N) is 3. The summed E-state index contributed by atoms with van der Waals surface area (Å²) in [5.74, 6) is -0.611. The highest BCUT2D eigenvalue weighted by atomic mass is 16.5. The van der Waals surface area contributed by atoms with Crippen molar-refractivity contribution < 1.29 is 9.53 Å². The molecule has 0 aliphatic rings. The molecule has 5 heteroatoms. The predicted octanol–water partition coefficient (Wildman–Crippen LogP) is 3.83. The van der Waals surface area contributed by atoms with Crippen molar-refractivity contribution in [3.63, 3.8) is 0 Å². The van der Waals surface area contributed by atoms with Crippen LogP contribution in [-0.4, -0.2) is 12.6 Å². The van der Waals surface area contributed by atoms with Crippen LogP contribution >= 0.6 is 0 Å². The van der Waals surface area contributed by atoms with Crippen molar-refractivity contribution in [1.82, 2.24) is 0 Å². The average molecular weight is 259 g/mol. The third-order valence-electron chi connectivity index (χ3n) is 2.66. The van der Waals surface area contributed by atoms with Gasteiger partial charge in [0.15, 0.2) is 0 Å². The summed E-state index contributed by atoms with van der Waals surface area (Å²) >= 11 is 0. The van der Waals surface area contributed by atoms with Crippen LogP contribution in [0.15, 0.2) is 22.9 Å². The molecule has 1 rings (SSSR count). The number of esters is 1. The molecule has 0 aliphatic heterocycles. The minimum Gasteiger partial charge on any atom is -0.462 e. The molecule has 0 bridgehead atoms. The molecule has 0 radical (unpaired) electrons. The zero-order chi connectivity index (χ0) is 14.4. The van der Waals surface area contributed by atoms with E-state index >= 15 is 0 Å². The topological polar surface area (TPSA) is 75.1 Å². The molecule has 0 amide bonds. The molecule has 0 atom stereocenters. The van der Waals surface area contributed by atoms with Crippen LogP contribution in [0.5, 0.6) is 0 Å². The van der Waals surface area contributed by atoms with Crippen LogP contribution in [0.1, 0.15) is 29.2 Å². The van der Waals surface area contributed by atoms with Gasteiger partial charge in [-0.25, -0.2) is 4.79 Å². The Morgan fingerprint density at radius 2 is 1.95 bits per heavy atom. The summed E-state index contributed by atoms with van der Waals surface area (Å²) in [7, 11) is 0. The molecule has 0 saturated carbocycles. The van der Waals surface area contributed by atoms with Gasteiger partial charge in [0, 0.05) is 4.91 Å². The smallest absolute Gasteiger partial charge is 0.340 e. The van der Waals surface area contributed by atoms with E-state index in [1.807, 2.05) is 32.9 Å². The van der Waals surface area contributed by atoms with Crippen molar-refractivity contribution in [2.45, 2.75) is 27.7 Å². The number of hydrogen-bond donors (Lipinski definition) is 0. The number of carbonyl (C=O) groups excluding carboxylic acids is 1. The summed E-state index contributed by atoms with van der Waals surface area (Å²) in [5, 5.41) is 3.41. The van der Waals surface area contributed by atoms with Crippen LogP contribution in [0.3, 0.4) is 0 Å². The second-order valence-corrected chi connectivity index (χ2v) is 4.25. The largest absolute Gasteiger partial charge is 0.462 e. The van der Waals surface area contributed by atoms with E-state index in [2.05, 4.69) is 10.0 Å². The Labute approximate surface area is 112 Å². The average Bonchev–Trinajstić information content (AvgIpc) is 2.32. The lowest BCUT2D eigenvalue weighted by molar-refractivity contribution is -0.138. The number of azide groups is 1. The van der Waals surface area contributed by atoms with Gasteiger partial charge in [0.05, 0.1) is 6.61 Å². The molecule has 0 aromatic heterocycles. The second kappa shape index (κ2) is 6.61. The maximum atomic E-state index is 11.7. The van der Waals surface area contributed by atoms with Gasteiger partial charge < -0.3 is 4.74 Å². The van der Waals surface area contributed by atoms with Gasteiger partial charge >= 0.3 is 5.97 Å². The molecule has 1 aromatic carbocycles. The number of benzene rings is 1. The Kier molecular flexibility index (Phi) is 5.15. The summed E-state index contributed by atoms with van der Waals surface area (Å²) < 4.78 is 4.86. The van der Waals surface area contributed by atoms with Gasteiger partial charge in [0.2, 0.25) is 0 Å². The van der Waals surface area contributed by atoms with E-state index in [1.54, 1.807) is 13.0 Å². The molecule has 5 nitrogen and oxygen atoms in total. The van der Waals surface area contributed by atoms with Gasteiger partial charge in [-0.15, -0.1) is 0 Å². The number of carbonyl (C=O) groups is 1. The number of aryl methyl sites for hydroxylation is 3. The molecule has 100 valence electrons. The molecule has 0 spiro atoms. The third kappa shape index (κ3) is 3.86. The first-order chi connectivity index (χ1) is 8.99. The van der Waals surface area contributed by atoms with E-state index in [9.17, 15) is 4.79 Å². The van der Waals surface area contributed by atoms with E-state index < -0.39 is 5.97 Å². The monoisotopic (exact) mass is 259 g/mol. The van der Waals surface area contributed by atoms with Gasteiger partial charge in [-0.3, -0.25) is 0 Å². The minimum absolute atomic E-state index is 0.0283. The Morgan fingerprint density at radius 3 is 2.42 bits per heavy atom. The summed E-state index contributed by atoms with van der Waals surface area (Å²) in [6.07, 6.45) is 1.57. The Hall–Kier alpha value is -2.26. The van der Waals surface area contributed by atoms with Gasteiger partial charge in [-0.1, -0.05) is 22.8 Å². The Morgan fingerprint density at radius 1 is 1.37 bits per heavy atom. The zero-order valence-corrected chi connectivity index (χ0v) is 11.6. The van der Waals surface area contributed by atoms with E-state index in [0.717, 1.165) is 22.3 Å². The molecule has 0 fully saturated rings. The molecule has 0 heterocycles. The fourth-order valence-electron chi connectivity index (χ4n) is 1.94. The summed E-state index contributed by atoms with van der Waals surface area (Å²) in [6, 6.07) is 4.02. The van der Waals surface area contributed by atoms with Crippen LogP contribution in [0.4, 0.5) is 0 Å². The van der Waals surface area contributed by atoms with Crippen LogP contribution in [0.2, 0.25) is 0 Å². The highest BCUT2D eigenvalue weighted by molar-refractivity contribution is 5.93. The van der Waals surface area contributed by atoms with Crippen molar-refractivity contribution in [1.29, 1.82) is 0 Å². The van der Waals surface area contributed by atoms with Crippen molar-refractivity contribution in [3.05, 3.63) is 50.5 Å². The maximum absolute atomic E-state index is 11.7. The van der Waals surface area contributed by atoms with E-state index in [-0.39, 0.29) is 12.3 Å². The van der Waals surface area contributed by atoms with E-state index in [0.29, 0.717) is 0 Å². The highest BCUT2D eigenvalue weighted by Gasteiger charge is 2.10. The van der Waals surface area contributed by atoms with Crippen molar-refractivity contribution in [2.75, 3.05) is 6.61 Å². The lowest BCUT2D eigenvalue weighted by Gasteiger charge is -2.08. The van der Waals surface area contributed by atoms with Crippen LogP contribution in [0, 0.1) is 20.8 Å². The lowest BCUT2D eigenvalue weighted by Crippen LogP contribution is -2.06. The fraction of sp³-hybridized carbons (Fsp3) is 0.357. The zero-order valence-electron chi connectivity index (χ0n) is 11.6. The van der Waals surface area contributed by atoms with Crippen LogP contribution < -0.4 is 0 Å². The number of ether oxygens (including phenoxy) is 1. The Balaban J connectivity index is 3.30. The van der Waals surface area contributed by atoms with Crippen molar-refractivity contribution >= 4 is 12.0 Å². The lowest BCUT2D eigenvalue weighted by atomic mass is 9.99. The first-order valence-electron chi connectivity index (χ1n) is 6.01. The highest BCUT2D eigenvalue weighted by Crippen LogP contribution is 2.20. The summed E-state index contributed by atoms with van der Waals surface area (Å²) in [5.41, 5.74) is 12.6. The van der Waals surface area contributed by atoms with E-state index in [1.165, 1.54) is 0 Å². The van der Waals surface area contributed by atoms with E-state index in [4.69, 9.17) is 10.3 Å². The van der Waals surface area contributed by atoms with Gasteiger partial charge in [-0.2, -0.15) is 0 Å². The summed E-state index contributed by atoms with van der Waals surface area (Å²) in [6.45, 7) is 7.85. The SMILES string of the molecule is CCOC(=O)/C(=C/c1c(C)cc(C)cc1C)N=[N+]=[N-]. The summed E-state index contributed by atoms with van der Waals surface area (Å²) in [4.78, 5) is 14.3. The standard InChI is InChI=1S/C14H17N3O2/c1-5-19-14(18)13(16-17-15)8-12-10(3)6-9(2)7-11(12)4/h6-8H,5H2,1-4H3/b13-8-. The van der Waals surface area contributed by atoms with Gasteiger partial charge in [0.1, 0.15) is 5.70 Å². The quantitative estimate of drug-likeness (QED) is 0.271. The minimum atomic E-state index is -0.611. The third-order valence-corrected chi connectivity index (χ3v) is 2.66. The van der Waals surface area contributed by atoms with Gasteiger partial charge in [-0.05, 0) is 56.0 Å². The van der Waals surface area contributed by atoms with Crippen LogP contribution in [0.25, 0.3) is 16.5 Å². The Bertz CT molecular complexity index is 547. The number of hydrogen-bond acceptors (Lipinski definition) is 3. The molecule has 19 heavy (non-hydrogen) atoms. The molecule has 1 aromatic rings. The first kappa shape index (κ1) is 14.8. The fourth-order valence-corrected chi connectivity index (χ4v) is 1.94. The molecular weight excluding hydrogens is 242 g/mol. The molecule has 0 unspecified atom stereocenters. The maximum Gasteiger partial charge on any atom is 0.340 e. The van der Waals surface area contributed by atoms with Crippen LogP contribution in [-0.2, 0) is 9.53 Å². The number of rotatable bonds is 4. The molecule has 0 aliphatic carbocycles.